The average Bonchev–Trinajstić information content (AvgIpc) is 2.53. The molecular weight excluding hydrogens is 256 g/mol. The van der Waals surface area contributed by atoms with Gasteiger partial charge in [0.25, 0.3) is 0 Å². The zero-order chi connectivity index (χ0) is 13.9. The van der Waals surface area contributed by atoms with Crippen molar-refractivity contribution in [3.8, 4) is 17.2 Å². The number of methoxy groups -OCH3 is 1. The van der Waals surface area contributed by atoms with Crippen molar-refractivity contribution in [2.45, 2.75) is 6.10 Å². The second-order valence-electron chi connectivity index (χ2n) is 4.43. The van der Waals surface area contributed by atoms with E-state index in [2.05, 4.69) is 0 Å². The lowest BCUT2D eigenvalue weighted by atomic mass is 10.0. The van der Waals surface area contributed by atoms with Gasteiger partial charge in [0.1, 0.15) is 12.4 Å². The normalized spacial score (nSPS) is 16.6. The number of hydrogen-bond acceptors (Lipinski definition) is 4. The summed E-state index contributed by atoms with van der Waals surface area (Å²) in [7, 11) is 1.54. The molecule has 4 heteroatoms. The zero-order valence-electron chi connectivity index (χ0n) is 11.0. The van der Waals surface area contributed by atoms with E-state index in [1.807, 2.05) is 24.3 Å². The Morgan fingerprint density at radius 3 is 2.60 bits per heavy atom. The van der Waals surface area contributed by atoms with Gasteiger partial charge in [0.2, 0.25) is 5.78 Å². The van der Waals surface area contributed by atoms with Crippen LogP contribution in [0.3, 0.4) is 0 Å². The van der Waals surface area contributed by atoms with Crippen LogP contribution < -0.4 is 14.2 Å². The van der Waals surface area contributed by atoms with Crippen LogP contribution in [0.2, 0.25) is 0 Å². The van der Waals surface area contributed by atoms with Crippen molar-refractivity contribution in [2.75, 3.05) is 13.7 Å². The number of hydrogen-bond donors (Lipinski definition) is 0. The van der Waals surface area contributed by atoms with Gasteiger partial charge < -0.3 is 14.2 Å². The Hall–Kier alpha value is -2.49. The highest BCUT2D eigenvalue weighted by atomic mass is 16.6. The summed E-state index contributed by atoms with van der Waals surface area (Å²) in [5, 5.41) is 0. The van der Waals surface area contributed by atoms with Crippen LogP contribution in [-0.4, -0.2) is 25.6 Å². The third-order valence-corrected chi connectivity index (χ3v) is 3.17. The molecule has 2 aromatic carbocycles. The number of ketones is 1. The van der Waals surface area contributed by atoms with Crippen LogP contribution in [0.5, 0.6) is 17.2 Å². The number of benzene rings is 2. The molecule has 0 bridgehead atoms. The molecule has 0 spiro atoms. The first-order valence-corrected chi connectivity index (χ1v) is 6.35. The molecule has 1 unspecified atom stereocenters. The van der Waals surface area contributed by atoms with Crippen LogP contribution in [-0.2, 0) is 0 Å². The predicted octanol–water partition coefficient (Wildman–Crippen LogP) is 2.72. The summed E-state index contributed by atoms with van der Waals surface area (Å²) in [6, 6.07) is 14.4. The second kappa shape index (κ2) is 5.25. The molecule has 4 nitrogen and oxygen atoms in total. The minimum Gasteiger partial charge on any atom is -0.496 e. The molecule has 0 fully saturated rings. The van der Waals surface area contributed by atoms with Gasteiger partial charge in [-0.1, -0.05) is 24.3 Å². The second-order valence-corrected chi connectivity index (χ2v) is 4.43. The maximum absolute atomic E-state index is 12.5. The lowest BCUT2D eigenvalue weighted by molar-refractivity contribution is 0.0583. The van der Waals surface area contributed by atoms with Gasteiger partial charge in [-0.3, -0.25) is 4.79 Å². The van der Waals surface area contributed by atoms with E-state index in [4.69, 9.17) is 14.2 Å². The first-order valence-electron chi connectivity index (χ1n) is 6.35. The molecule has 0 aliphatic carbocycles. The number of fused-ring (bicyclic) bond motifs is 1. The van der Waals surface area contributed by atoms with E-state index in [1.165, 1.54) is 0 Å². The first-order chi connectivity index (χ1) is 9.79. The molecule has 3 rings (SSSR count). The van der Waals surface area contributed by atoms with Crippen LogP contribution in [0.25, 0.3) is 0 Å². The molecule has 1 atom stereocenters. The van der Waals surface area contributed by atoms with Crippen molar-refractivity contribution in [1.82, 2.24) is 0 Å². The Morgan fingerprint density at radius 1 is 1.10 bits per heavy atom. The Labute approximate surface area is 116 Å². The van der Waals surface area contributed by atoms with Gasteiger partial charge in [-0.25, -0.2) is 0 Å². The van der Waals surface area contributed by atoms with Crippen molar-refractivity contribution >= 4 is 5.78 Å². The highest BCUT2D eigenvalue weighted by Gasteiger charge is 2.29. The SMILES string of the molecule is COc1ccccc1C(=O)C1COc2ccccc2O1. The van der Waals surface area contributed by atoms with Gasteiger partial charge in [-0.15, -0.1) is 0 Å². The van der Waals surface area contributed by atoms with Crippen molar-refractivity contribution in [3.05, 3.63) is 54.1 Å². The lowest BCUT2D eigenvalue weighted by Crippen LogP contribution is -2.36. The van der Waals surface area contributed by atoms with Crippen LogP contribution in [0, 0.1) is 0 Å². The van der Waals surface area contributed by atoms with Gasteiger partial charge in [0, 0.05) is 0 Å². The molecular formula is C16H14O4. The molecule has 0 radical (unpaired) electrons. The molecule has 0 saturated heterocycles. The molecule has 1 heterocycles. The van der Waals surface area contributed by atoms with Crippen LogP contribution in [0.1, 0.15) is 10.4 Å². The fourth-order valence-electron chi connectivity index (χ4n) is 2.17. The molecule has 1 aliphatic heterocycles. The van der Waals surface area contributed by atoms with E-state index >= 15 is 0 Å². The fourth-order valence-corrected chi connectivity index (χ4v) is 2.17. The summed E-state index contributed by atoms with van der Waals surface area (Å²) >= 11 is 0. The van der Waals surface area contributed by atoms with E-state index in [0.29, 0.717) is 22.8 Å². The average molecular weight is 270 g/mol. The maximum atomic E-state index is 12.5. The summed E-state index contributed by atoms with van der Waals surface area (Å²) in [6.07, 6.45) is -0.652. The molecule has 20 heavy (non-hydrogen) atoms. The monoisotopic (exact) mass is 270 g/mol. The predicted molar refractivity (Wildman–Crippen MR) is 73.7 cm³/mol. The standard InChI is InChI=1S/C16H14O4/c1-18-12-7-3-2-6-11(12)16(17)15-10-19-13-8-4-5-9-14(13)20-15/h2-9,15H,10H2,1H3. The number of rotatable bonds is 3. The molecule has 0 amide bonds. The molecule has 2 aromatic rings. The van der Waals surface area contributed by atoms with E-state index < -0.39 is 6.10 Å². The van der Waals surface area contributed by atoms with E-state index in [1.54, 1.807) is 31.4 Å². The number of Topliss-reactive ketones (excluding diaryl/α,β-unsaturated/α-hetero) is 1. The summed E-state index contributed by atoms with van der Waals surface area (Å²) in [5.74, 6) is 1.65. The van der Waals surface area contributed by atoms with Crippen molar-refractivity contribution in [2.24, 2.45) is 0 Å². The topological polar surface area (TPSA) is 44.8 Å². The van der Waals surface area contributed by atoms with Gasteiger partial charge in [0.15, 0.2) is 17.6 Å². The summed E-state index contributed by atoms with van der Waals surface area (Å²) in [4.78, 5) is 12.5. The lowest BCUT2D eigenvalue weighted by Gasteiger charge is -2.25. The molecule has 0 saturated carbocycles. The van der Waals surface area contributed by atoms with E-state index in [-0.39, 0.29) is 12.4 Å². The van der Waals surface area contributed by atoms with Crippen molar-refractivity contribution in [3.63, 3.8) is 0 Å². The number of ether oxygens (including phenoxy) is 3. The van der Waals surface area contributed by atoms with Crippen LogP contribution >= 0.6 is 0 Å². The summed E-state index contributed by atoms with van der Waals surface area (Å²) in [5.41, 5.74) is 0.503. The Morgan fingerprint density at radius 2 is 1.80 bits per heavy atom. The minimum absolute atomic E-state index is 0.142. The van der Waals surface area contributed by atoms with Crippen molar-refractivity contribution in [1.29, 1.82) is 0 Å². The fraction of sp³-hybridized carbons (Fsp3) is 0.188. The number of para-hydroxylation sites is 3. The van der Waals surface area contributed by atoms with Crippen molar-refractivity contribution < 1.29 is 19.0 Å². The maximum Gasteiger partial charge on any atom is 0.210 e. The van der Waals surface area contributed by atoms with Gasteiger partial charge >= 0.3 is 0 Å². The van der Waals surface area contributed by atoms with E-state index in [9.17, 15) is 4.79 Å². The van der Waals surface area contributed by atoms with E-state index in [0.717, 1.165) is 0 Å². The van der Waals surface area contributed by atoms with Gasteiger partial charge in [-0.2, -0.15) is 0 Å². The molecule has 0 aromatic heterocycles. The quantitative estimate of drug-likeness (QED) is 0.804. The number of carbonyl (C=O) groups is 1. The Bertz CT molecular complexity index is 636. The minimum atomic E-state index is -0.652. The molecule has 0 N–H and O–H groups in total. The summed E-state index contributed by atoms with van der Waals surface area (Å²) in [6.45, 7) is 0.202. The third-order valence-electron chi connectivity index (χ3n) is 3.17. The smallest absolute Gasteiger partial charge is 0.210 e. The summed E-state index contributed by atoms with van der Waals surface area (Å²) < 4.78 is 16.5. The highest BCUT2D eigenvalue weighted by Crippen LogP contribution is 2.32. The number of carbonyl (C=O) groups excluding carboxylic acids is 1. The molecule has 102 valence electrons. The van der Waals surface area contributed by atoms with Gasteiger partial charge in [0.05, 0.1) is 12.7 Å². The van der Waals surface area contributed by atoms with Crippen LogP contribution in [0.4, 0.5) is 0 Å². The first kappa shape index (κ1) is 12.5. The van der Waals surface area contributed by atoms with Crippen LogP contribution in [0.15, 0.2) is 48.5 Å². The zero-order valence-corrected chi connectivity index (χ0v) is 11.0. The van der Waals surface area contributed by atoms with Gasteiger partial charge in [-0.05, 0) is 24.3 Å². The Kier molecular flexibility index (Phi) is 3.29. The third kappa shape index (κ3) is 2.20. The highest BCUT2D eigenvalue weighted by molar-refractivity contribution is 6.02. The largest absolute Gasteiger partial charge is 0.496 e. The molecule has 1 aliphatic rings. The Balaban J connectivity index is 1.86.